The van der Waals surface area contributed by atoms with Gasteiger partial charge in [-0.2, -0.15) is 13.2 Å². The minimum Gasteiger partial charge on any atom is -0.491 e. The minimum absolute atomic E-state index is 0.0343. The van der Waals surface area contributed by atoms with Crippen molar-refractivity contribution < 1.29 is 40.3 Å². The molecule has 0 spiro atoms. The van der Waals surface area contributed by atoms with Gasteiger partial charge in [0.1, 0.15) is 23.9 Å². The molecule has 1 aliphatic rings. The van der Waals surface area contributed by atoms with Crippen LogP contribution in [0.1, 0.15) is 46.5 Å². The lowest BCUT2D eigenvalue weighted by atomic mass is 10.1. The quantitative estimate of drug-likeness (QED) is 0.346. The molecule has 1 aliphatic heterocycles. The fraction of sp³-hybridized carbons (Fsp3) is 0.524. The largest absolute Gasteiger partial charge is 0.491 e. The highest BCUT2D eigenvalue weighted by molar-refractivity contribution is 7.91. The normalized spacial score (nSPS) is 15.2. The molecule has 1 N–H and O–H groups in total. The number of hydrogen-bond donors (Lipinski definition) is 1. The Morgan fingerprint density at radius 3 is 2.56 bits per heavy atom. The lowest BCUT2D eigenvalue weighted by molar-refractivity contribution is -0.123. The standard InChI is InChI=1S/C21H25F4N5O5S/c22-7-3-1-2-4-9-35-18-11-15(19(31)26-13-21(23,24)25)5-6-17(18)30-12-16(27-28-30)20(32)29-8-10-36(33,34)14-29/h5-6,11-12H,1-4,7-10,13-14H2,(H,26,31). The third kappa shape index (κ3) is 7.63. The number of carbonyl (C=O) groups excluding carboxylic acids is 2. The maximum absolute atomic E-state index is 12.6. The van der Waals surface area contributed by atoms with Gasteiger partial charge in [0, 0.05) is 12.1 Å². The highest BCUT2D eigenvalue weighted by Gasteiger charge is 2.31. The molecule has 10 nitrogen and oxygen atoms in total. The summed E-state index contributed by atoms with van der Waals surface area (Å²) >= 11 is 0. The third-order valence-electron chi connectivity index (χ3n) is 5.23. The van der Waals surface area contributed by atoms with Crippen LogP contribution in [-0.2, 0) is 9.84 Å². The van der Waals surface area contributed by atoms with Crippen molar-refractivity contribution in [3.63, 3.8) is 0 Å². The van der Waals surface area contributed by atoms with Gasteiger partial charge in [-0.15, -0.1) is 5.10 Å². The van der Waals surface area contributed by atoms with Gasteiger partial charge in [-0.3, -0.25) is 14.0 Å². The second-order valence-corrected chi connectivity index (χ2v) is 10.3. The molecule has 2 amide bonds. The van der Waals surface area contributed by atoms with Crippen LogP contribution in [0.4, 0.5) is 17.6 Å². The monoisotopic (exact) mass is 535 g/mol. The third-order valence-corrected chi connectivity index (χ3v) is 6.74. The Labute approximate surface area is 204 Å². The highest BCUT2D eigenvalue weighted by atomic mass is 32.2. The number of alkyl halides is 4. The number of unbranched alkanes of at least 4 members (excludes halogenated alkanes) is 3. The number of rotatable bonds is 11. The van der Waals surface area contributed by atoms with Crippen molar-refractivity contribution in [3.8, 4) is 11.4 Å². The number of sulfone groups is 1. The predicted molar refractivity (Wildman–Crippen MR) is 119 cm³/mol. The van der Waals surface area contributed by atoms with Gasteiger partial charge in [0.15, 0.2) is 15.5 Å². The minimum atomic E-state index is -4.58. The zero-order valence-electron chi connectivity index (χ0n) is 19.1. The van der Waals surface area contributed by atoms with Gasteiger partial charge in [-0.25, -0.2) is 13.1 Å². The fourth-order valence-corrected chi connectivity index (χ4v) is 4.74. The number of halogens is 4. The van der Waals surface area contributed by atoms with Crippen LogP contribution in [0.2, 0.25) is 0 Å². The number of nitrogens with one attached hydrogen (secondary N) is 1. The molecule has 1 aromatic carbocycles. The van der Waals surface area contributed by atoms with E-state index in [2.05, 4.69) is 10.3 Å². The van der Waals surface area contributed by atoms with Gasteiger partial charge in [-0.05, 0) is 37.5 Å². The average Bonchev–Trinajstić information content (AvgIpc) is 3.45. The Hall–Kier alpha value is -3.23. The van der Waals surface area contributed by atoms with Crippen LogP contribution in [0, 0.1) is 0 Å². The summed E-state index contributed by atoms with van der Waals surface area (Å²) in [5.41, 5.74) is 0.0529. The molecule has 2 aromatic rings. The van der Waals surface area contributed by atoms with E-state index in [0.717, 1.165) is 4.90 Å². The van der Waals surface area contributed by atoms with Crippen LogP contribution in [0.25, 0.3) is 5.69 Å². The summed E-state index contributed by atoms with van der Waals surface area (Å²) in [6.45, 7) is -1.71. The molecule has 36 heavy (non-hydrogen) atoms. The lowest BCUT2D eigenvalue weighted by Crippen LogP contribution is -2.33. The molecule has 2 heterocycles. The van der Waals surface area contributed by atoms with Gasteiger partial charge < -0.3 is 15.0 Å². The molecule has 1 saturated heterocycles. The Morgan fingerprint density at radius 1 is 1.14 bits per heavy atom. The molecule has 0 atom stereocenters. The molecule has 0 aliphatic carbocycles. The molecule has 1 fully saturated rings. The van der Waals surface area contributed by atoms with Gasteiger partial charge in [0.2, 0.25) is 0 Å². The van der Waals surface area contributed by atoms with E-state index >= 15 is 0 Å². The number of aromatic nitrogens is 3. The number of amides is 2. The zero-order chi connectivity index (χ0) is 26.3. The van der Waals surface area contributed by atoms with E-state index in [9.17, 15) is 35.6 Å². The van der Waals surface area contributed by atoms with Crippen molar-refractivity contribution in [1.29, 1.82) is 0 Å². The molecule has 0 bridgehead atoms. The van der Waals surface area contributed by atoms with Gasteiger partial charge in [0.25, 0.3) is 11.8 Å². The molecule has 15 heteroatoms. The Bertz CT molecular complexity index is 1190. The zero-order valence-corrected chi connectivity index (χ0v) is 19.9. The summed E-state index contributed by atoms with van der Waals surface area (Å²) in [5, 5.41) is 9.47. The van der Waals surface area contributed by atoms with Crippen molar-refractivity contribution in [1.82, 2.24) is 25.2 Å². The first kappa shape index (κ1) is 27.4. The smallest absolute Gasteiger partial charge is 0.405 e. The molecule has 1 aromatic heterocycles. The molecular formula is C21H25F4N5O5S. The summed E-state index contributed by atoms with van der Waals surface area (Å²) in [6, 6.07) is 3.90. The van der Waals surface area contributed by atoms with E-state index in [-0.39, 0.29) is 41.6 Å². The second kappa shape index (κ2) is 11.7. The Balaban J connectivity index is 1.79. The van der Waals surface area contributed by atoms with Crippen LogP contribution >= 0.6 is 0 Å². The summed E-state index contributed by atoms with van der Waals surface area (Å²) in [7, 11) is -3.35. The predicted octanol–water partition coefficient (Wildman–Crippen LogP) is 2.30. The van der Waals surface area contributed by atoms with Crippen molar-refractivity contribution in [2.45, 2.75) is 31.9 Å². The fourth-order valence-electron chi connectivity index (χ4n) is 3.39. The topological polar surface area (TPSA) is 123 Å². The number of ether oxygens (including phenoxy) is 1. The molecule has 198 valence electrons. The summed E-state index contributed by atoms with van der Waals surface area (Å²) in [4.78, 5) is 25.9. The van der Waals surface area contributed by atoms with Crippen LogP contribution in [0.5, 0.6) is 5.75 Å². The van der Waals surface area contributed by atoms with Crippen molar-refractivity contribution in [3.05, 3.63) is 35.7 Å². The van der Waals surface area contributed by atoms with Crippen LogP contribution < -0.4 is 10.1 Å². The van der Waals surface area contributed by atoms with E-state index < -0.39 is 46.9 Å². The van der Waals surface area contributed by atoms with Crippen molar-refractivity contribution in [2.24, 2.45) is 0 Å². The van der Waals surface area contributed by atoms with Crippen LogP contribution in [-0.4, -0.2) is 84.3 Å². The van der Waals surface area contributed by atoms with E-state index in [0.29, 0.717) is 25.7 Å². The maximum Gasteiger partial charge on any atom is 0.405 e. The number of nitrogens with zero attached hydrogens (tertiary/aromatic N) is 4. The highest BCUT2D eigenvalue weighted by Crippen LogP contribution is 2.25. The number of benzene rings is 1. The number of carbonyl (C=O) groups is 2. The summed E-state index contributed by atoms with van der Waals surface area (Å²) < 4.78 is 79.9. The van der Waals surface area contributed by atoms with E-state index in [4.69, 9.17) is 4.74 Å². The van der Waals surface area contributed by atoms with E-state index in [1.165, 1.54) is 29.1 Å². The summed E-state index contributed by atoms with van der Waals surface area (Å²) in [6.07, 6.45) is -0.977. The van der Waals surface area contributed by atoms with Gasteiger partial charge in [0.05, 0.1) is 25.2 Å². The average molecular weight is 536 g/mol. The molecule has 0 unspecified atom stereocenters. The lowest BCUT2D eigenvalue weighted by Gasteiger charge is -2.14. The second-order valence-electron chi connectivity index (χ2n) is 8.13. The first-order valence-corrected chi connectivity index (χ1v) is 12.9. The van der Waals surface area contributed by atoms with Gasteiger partial charge in [-0.1, -0.05) is 11.6 Å². The van der Waals surface area contributed by atoms with E-state index in [1.54, 1.807) is 5.32 Å². The first-order valence-electron chi connectivity index (χ1n) is 11.1. The SMILES string of the molecule is O=C(NCC(F)(F)F)c1ccc(-n2cc(C(=O)N3CCS(=O)(=O)C3)nn2)c(OCCCCCCF)c1. The summed E-state index contributed by atoms with van der Waals surface area (Å²) in [5.74, 6) is -2.05. The number of hydrogen-bond acceptors (Lipinski definition) is 7. The van der Waals surface area contributed by atoms with Crippen molar-refractivity contribution in [2.75, 3.05) is 38.0 Å². The van der Waals surface area contributed by atoms with Crippen LogP contribution in [0.3, 0.4) is 0 Å². The molecular weight excluding hydrogens is 510 g/mol. The molecule has 3 rings (SSSR count). The van der Waals surface area contributed by atoms with Crippen molar-refractivity contribution >= 4 is 21.7 Å². The van der Waals surface area contributed by atoms with E-state index in [1.807, 2.05) is 0 Å². The van der Waals surface area contributed by atoms with Crippen LogP contribution in [0.15, 0.2) is 24.4 Å². The van der Waals surface area contributed by atoms with Gasteiger partial charge >= 0.3 is 6.18 Å². The maximum atomic E-state index is 12.6. The Kier molecular flexibility index (Phi) is 8.87. The first-order chi connectivity index (χ1) is 17.0. The Morgan fingerprint density at radius 2 is 1.89 bits per heavy atom. The molecule has 0 saturated carbocycles. The molecule has 0 radical (unpaired) electrons.